The van der Waals surface area contributed by atoms with Gasteiger partial charge in [-0.15, -0.1) is 0 Å². The van der Waals surface area contributed by atoms with Gasteiger partial charge >= 0.3 is 5.97 Å². The van der Waals surface area contributed by atoms with Crippen molar-refractivity contribution in [3.05, 3.63) is 12.2 Å². The highest BCUT2D eigenvalue weighted by Gasteiger charge is 2.37. The fourth-order valence-electron chi connectivity index (χ4n) is 1.70. The minimum atomic E-state index is -1.38. The summed E-state index contributed by atoms with van der Waals surface area (Å²) in [6.45, 7) is -0.596. The van der Waals surface area contributed by atoms with Gasteiger partial charge in [-0.3, -0.25) is 28.9 Å². The number of hydrogen-bond donors (Lipinski definition) is 0. The molecule has 0 spiro atoms. The van der Waals surface area contributed by atoms with Crippen LogP contribution < -0.4 is 0 Å². The number of imide groups is 1. The molecule has 1 fully saturated rings. The predicted octanol–water partition coefficient (Wildman–Crippen LogP) is -1.24. The molecule has 0 aromatic rings. The minimum absolute atomic E-state index is 0.0555. The molecule has 0 N–H and O–H groups in total. The molecule has 2 amide bonds. The zero-order valence-electron chi connectivity index (χ0n) is 9.25. The van der Waals surface area contributed by atoms with Crippen LogP contribution in [0, 0.1) is 0 Å². The molecule has 1 heterocycles. The Morgan fingerprint density at radius 2 is 1.61 bits per heavy atom. The Labute approximate surface area is 101 Å². The van der Waals surface area contributed by atoms with Crippen LogP contribution >= 0.6 is 0 Å². The van der Waals surface area contributed by atoms with E-state index >= 15 is 0 Å². The molecule has 7 heteroatoms. The average molecular weight is 251 g/mol. The molecular weight excluding hydrogens is 242 g/mol. The van der Waals surface area contributed by atoms with E-state index in [1.165, 1.54) is 0 Å². The van der Waals surface area contributed by atoms with Gasteiger partial charge in [0, 0.05) is 25.0 Å². The largest absolute Gasteiger partial charge is 0.445 e. The second kappa shape index (κ2) is 4.52. The Hall–Kier alpha value is -2.31. The van der Waals surface area contributed by atoms with E-state index in [0.717, 1.165) is 12.2 Å². The van der Waals surface area contributed by atoms with Gasteiger partial charge < -0.3 is 4.74 Å². The van der Waals surface area contributed by atoms with Crippen molar-refractivity contribution in [3.8, 4) is 0 Å². The SMILES string of the molecule is O=C(CN1C(=O)C=CC1=O)OC1C(=O)CCC1=O. The number of Topliss-reactive ketones (excluding diaryl/α,β-unsaturated/α-hetero) is 2. The van der Waals surface area contributed by atoms with Gasteiger partial charge in [0.15, 0.2) is 11.6 Å². The molecule has 0 saturated heterocycles. The Bertz CT molecular complexity index is 452. The van der Waals surface area contributed by atoms with Crippen molar-refractivity contribution >= 4 is 29.4 Å². The fourth-order valence-corrected chi connectivity index (χ4v) is 1.70. The van der Waals surface area contributed by atoms with Crippen molar-refractivity contribution < 1.29 is 28.7 Å². The van der Waals surface area contributed by atoms with Crippen LogP contribution in [0.15, 0.2) is 12.2 Å². The van der Waals surface area contributed by atoms with E-state index in [1.807, 2.05) is 0 Å². The smallest absolute Gasteiger partial charge is 0.327 e. The fraction of sp³-hybridized carbons (Fsp3) is 0.364. The van der Waals surface area contributed by atoms with E-state index in [2.05, 4.69) is 4.74 Å². The zero-order chi connectivity index (χ0) is 13.3. The maximum absolute atomic E-state index is 11.4. The van der Waals surface area contributed by atoms with Gasteiger partial charge in [-0.1, -0.05) is 0 Å². The summed E-state index contributed by atoms with van der Waals surface area (Å²) in [7, 11) is 0. The highest BCUT2D eigenvalue weighted by molar-refractivity contribution is 6.15. The van der Waals surface area contributed by atoms with Crippen LogP contribution in [0.5, 0.6) is 0 Å². The van der Waals surface area contributed by atoms with Gasteiger partial charge in [0.05, 0.1) is 0 Å². The van der Waals surface area contributed by atoms with Crippen LogP contribution in [-0.4, -0.2) is 46.9 Å². The van der Waals surface area contributed by atoms with Crippen molar-refractivity contribution in [2.75, 3.05) is 6.54 Å². The first-order valence-electron chi connectivity index (χ1n) is 5.27. The summed E-state index contributed by atoms with van der Waals surface area (Å²) >= 11 is 0. The molecule has 0 radical (unpaired) electrons. The lowest BCUT2D eigenvalue weighted by molar-refractivity contribution is -0.160. The second-order valence-electron chi connectivity index (χ2n) is 3.90. The summed E-state index contributed by atoms with van der Waals surface area (Å²) in [6, 6.07) is 0. The molecule has 0 unspecified atom stereocenters. The first-order chi connectivity index (χ1) is 8.49. The number of carbonyl (C=O) groups excluding carboxylic acids is 5. The minimum Gasteiger partial charge on any atom is -0.445 e. The van der Waals surface area contributed by atoms with Crippen LogP contribution in [-0.2, 0) is 28.7 Å². The van der Waals surface area contributed by atoms with E-state index in [1.54, 1.807) is 0 Å². The summed E-state index contributed by atoms with van der Waals surface area (Å²) in [6.07, 6.45) is 0.793. The monoisotopic (exact) mass is 251 g/mol. The molecule has 1 aliphatic heterocycles. The molecule has 1 saturated carbocycles. The van der Waals surface area contributed by atoms with Crippen molar-refractivity contribution in [2.24, 2.45) is 0 Å². The Morgan fingerprint density at radius 1 is 1.11 bits per heavy atom. The number of esters is 1. The number of carbonyl (C=O) groups is 5. The standard InChI is InChI=1S/C11H9NO6/c13-6-1-2-7(14)11(6)18-10(17)5-12-8(15)3-4-9(12)16/h3-4,11H,1-2,5H2. The zero-order valence-corrected chi connectivity index (χ0v) is 9.25. The molecule has 0 atom stereocenters. The van der Waals surface area contributed by atoms with Gasteiger partial charge in [-0.2, -0.15) is 0 Å². The summed E-state index contributed by atoms with van der Waals surface area (Å²) < 4.78 is 4.68. The Balaban J connectivity index is 1.93. The average Bonchev–Trinajstić information content (AvgIpc) is 2.79. The lowest BCUT2D eigenvalue weighted by Gasteiger charge is -2.14. The Morgan fingerprint density at radius 3 is 2.11 bits per heavy atom. The number of amides is 2. The van der Waals surface area contributed by atoms with Crippen LogP contribution in [0.3, 0.4) is 0 Å². The maximum Gasteiger partial charge on any atom is 0.327 e. The first-order valence-corrected chi connectivity index (χ1v) is 5.27. The molecule has 2 aliphatic rings. The van der Waals surface area contributed by atoms with Gasteiger partial charge in [-0.05, 0) is 0 Å². The van der Waals surface area contributed by atoms with Gasteiger partial charge in [-0.25, -0.2) is 0 Å². The normalized spacial score (nSPS) is 20.1. The van der Waals surface area contributed by atoms with Crippen molar-refractivity contribution in [1.29, 1.82) is 0 Å². The third kappa shape index (κ3) is 2.20. The molecule has 2 rings (SSSR count). The number of rotatable bonds is 3. The number of hydrogen-bond acceptors (Lipinski definition) is 6. The van der Waals surface area contributed by atoms with Gasteiger partial charge in [0.2, 0.25) is 6.10 Å². The number of ketones is 2. The summed E-state index contributed by atoms with van der Waals surface area (Å²) in [4.78, 5) is 56.9. The van der Waals surface area contributed by atoms with Crippen LogP contribution in [0.4, 0.5) is 0 Å². The first kappa shape index (κ1) is 12.2. The molecule has 7 nitrogen and oxygen atoms in total. The highest BCUT2D eigenvalue weighted by atomic mass is 16.6. The number of ether oxygens (including phenoxy) is 1. The van der Waals surface area contributed by atoms with Crippen molar-refractivity contribution in [2.45, 2.75) is 18.9 Å². The molecular formula is C11H9NO6. The molecule has 94 valence electrons. The lowest BCUT2D eigenvalue weighted by atomic mass is 10.3. The van der Waals surface area contributed by atoms with Gasteiger partial charge in [0.1, 0.15) is 6.54 Å². The van der Waals surface area contributed by atoms with E-state index in [0.29, 0.717) is 4.90 Å². The quantitative estimate of drug-likeness (QED) is 0.353. The lowest BCUT2D eigenvalue weighted by Crippen LogP contribution is -2.38. The molecule has 0 aromatic carbocycles. The third-order valence-electron chi connectivity index (χ3n) is 2.64. The van der Waals surface area contributed by atoms with E-state index in [-0.39, 0.29) is 12.8 Å². The van der Waals surface area contributed by atoms with Crippen LogP contribution in [0.2, 0.25) is 0 Å². The number of nitrogens with zero attached hydrogens (tertiary/aromatic N) is 1. The third-order valence-corrected chi connectivity index (χ3v) is 2.64. The molecule has 0 aromatic heterocycles. The van der Waals surface area contributed by atoms with Crippen molar-refractivity contribution in [1.82, 2.24) is 4.90 Å². The molecule has 0 bridgehead atoms. The van der Waals surface area contributed by atoms with Gasteiger partial charge in [0.25, 0.3) is 11.8 Å². The molecule has 18 heavy (non-hydrogen) atoms. The topological polar surface area (TPSA) is 97.8 Å². The predicted molar refractivity (Wildman–Crippen MR) is 55.0 cm³/mol. The molecule has 1 aliphatic carbocycles. The summed E-state index contributed by atoms with van der Waals surface area (Å²) in [5, 5.41) is 0. The van der Waals surface area contributed by atoms with Crippen molar-refractivity contribution in [3.63, 3.8) is 0 Å². The summed E-state index contributed by atoms with van der Waals surface area (Å²) in [5.41, 5.74) is 0. The Kier molecular flexibility index (Phi) is 3.05. The summed E-state index contributed by atoms with van der Waals surface area (Å²) in [5.74, 6) is -3.10. The highest BCUT2D eigenvalue weighted by Crippen LogP contribution is 2.14. The second-order valence-corrected chi connectivity index (χ2v) is 3.90. The van der Waals surface area contributed by atoms with Crippen LogP contribution in [0.25, 0.3) is 0 Å². The maximum atomic E-state index is 11.4. The van der Waals surface area contributed by atoms with Crippen LogP contribution in [0.1, 0.15) is 12.8 Å². The van der Waals surface area contributed by atoms with E-state index in [9.17, 15) is 24.0 Å². The van der Waals surface area contributed by atoms with E-state index in [4.69, 9.17) is 0 Å². The van der Waals surface area contributed by atoms with E-state index < -0.39 is 42.0 Å².